The Morgan fingerprint density at radius 1 is 1.05 bits per heavy atom. The van der Waals surface area contributed by atoms with E-state index in [2.05, 4.69) is 20.5 Å². The van der Waals surface area contributed by atoms with Crippen LogP contribution < -0.4 is 20.1 Å². The number of aliphatic hydroxyl groups excluding tert-OH is 1. The molecular weight excluding hydrogens is 526 g/mol. The summed E-state index contributed by atoms with van der Waals surface area (Å²) in [4.78, 5) is 31.7. The monoisotopic (exact) mass is 559 g/mol. The molecule has 5 rings (SSSR count). The highest BCUT2D eigenvalue weighted by Crippen LogP contribution is 2.37. The van der Waals surface area contributed by atoms with Gasteiger partial charge in [0.2, 0.25) is 0 Å². The number of β-amino-alcohol motifs (C(OH)–C–C–N with tert-alkyl or cyclic N) is 1. The second-order valence-electron chi connectivity index (χ2n) is 9.67. The first-order valence-corrected chi connectivity index (χ1v) is 13.4. The molecule has 11 nitrogen and oxygen atoms in total. The number of ether oxygens (including phenoxy) is 3. The minimum atomic E-state index is -0.280. The number of fused-ring (bicyclic) bond motifs is 1. The molecule has 0 unspecified atom stereocenters. The van der Waals surface area contributed by atoms with Crippen molar-refractivity contribution < 1.29 is 28.9 Å². The number of carbonyl (C=O) groups excluding carboxylic acids is 2. The van der Waals surface area contributed by atoms with Crippen molar-refractivity contribution in [3.63, 3.8) is 0 Å². The van der Waals surface area contributed by atoms with Gasteiger partial charge in [-0.2, -0.15) is 0 Å². The Labute approximate surface area is 237 Å². The van der Waals surface area contributed by atoms with Crippen LogP contribution in [0.2, 0.25) is 0 Å². The van der Waals surface area contributed by atoms with Gasteiger partial charge < -0.3 is 30.0 Å². The number of amides is 2. The van der Waals surface area contributed by atoms with E-state index in [1.165, 1.54) is 10.1 Å². The molecule has 41 heavy (non-hydrogen) atoms. The molecule has 2 amide bonds. The number of likely N-dealkylation sites (tertiary alicyclic amines) is 1. The van der Waals surface area contributed by atoms with Crippen LogP contribution in [0.25, 0.3) is 10.9 Å². The van der Waals surface area contributed by atoms with Crippen molar-refractivity contribution >= 4 is 28.7 Å². The van der Waals surface area contributed by atoms with Crippen LogP contribution in [0.1, 0.15) is 21.8 Å². The summed E-state index contributed by atoms with van der Waals surface area (Å²) in [5.74, 6) is 1.80. The van der Waals surface area contributed by atoms with Crippen LogP contribution in [-0.4, -0.2) is 85.1 Å². The zero-order valence-electron chi connectivity index (χ0n) is 23.0. The SMILES string of the molecule is CNC(=O)n1ccc2cc(Oc3ccnc(NC(=O)c4ccc(C5CN(CCO)C5)cc4)c3)c(OCCOC)cc21. The topological polar surface area (TPSA) is 127 Å². The number of hydrogen-bond donors (Lipinski definition) is 3. The van der Waals surface area contributed by atoms with Gasteiger partial charge in [0.05, 0.1) is 18.7 Å². The molecule has 3 heterocycles. The van der Waals surface area contributed by atoms with Crippen LogP contribution in [0.3, 0.4) is 0 Å². The fourth-order valence-corrected chi connectivity index (χ4v) is 4.74. The molecule has 1 aliphatic rings. The van der Waals surface area contributed by atoms with Crippen LogP contribution in [0.4, 0.5) is 10.6 Å². The minimum absolute atomic E-state index is 0.165. The van der Waals surface area contributed by atoms with E-state index in [0.29, 0.717) is 53.2 Å². The first-order chi connectivity index (χ1) is 20.0. The van der Waals surface area contributed by atoms with Gasteiger partial charge in [0.15, 0.2) is 11.5 Å². The second kappa shape index (κ2) is 12.8. The summed E-state index contributed by atoms with van der Waals surface area (Å²) in [6, 6.07) is 16.0. The smallest absolute Gasteiger partial charge is 0.325 e. The molecule has 0 saturated carbocycles. The molecule has 0 aliphatic carbocycles. The number of hydrogen-bond acceptors (Lipinski definition) is 8. The Bertz CT molecular complexity index is 1510. The van der Waals surface area contributed by atoms with E-state index in [9.17, 15) is 9.59 Å². The average molecular weight is 560 g/mol. The van der Waals surface area contributed by atoms with Gasteiger partial charge in [-0.05, 0) is 35.9 Å². The third kappa shape index (κ3) is 6.49. The Morgan fingerprint density at radius 3 is 2.59 bits per heavy atom. The number of pyridine rings is 1. The summed E-state index contributed by atoms with van der Waals surface area (Å²) in [6.45, 7) is 3.34. The molecule has 4 aromatic rings. The van der Waals surface area contributed by atoms with Crippen LogP contribution in [0.5, 0.6) is 17.2 Å². The molecule has 0 spiro atoms. The summed E-state index contributed by atoms with van der Waals surface area (Å²) in [5.41, 5.74) is 2.36. The van der Waals surface area contributed by atoms with Gasteiger partial charge in [0, 0.05) is 75.2 Å². The average Bonchev–Trinajstić information content (AvgIpc) is 3.37. The maximum Gasteiger partial charge on any atom is 0.325 e. The zero-order chi connectivity index (χ0) is 28.8. The lowest BCUT2D eigenvalue weighted by atomic mass is 9.91. The standard InChI is InChI=1S/C30H33N5O6/c1-31-30(38)35-10-8-22-15-27(26(17-25(22)35)40-14-13-39-2)41-24-7-9-32-28(16-24)33-29(37)21-5-3-20(4-6-21)23-18-34(19-23)11-12-36/h3-10,15-17,23,36H,11-14,18-19H2,1-2H3,(H,31,38)(H,32,33,37). The highest BCUT2D eigenvalue weighted by molar-refractivity contribution is 6.03. The third-order valence-corrected chi connectivity index (χ3v) is 6.95. The van der Waals surface area contributed by atoms with E-state index in [1.54, 1.807) is 50.8 Å². The molecule has 2 aromatic heterocycles. The number of aliphatic hydroxyl groups is 1. The van der Waals surface area contributed by atoms with Crippen molar-refractivity contribution in [2.45, 2.75) is 5.92 Å². The number of benzene rings is 2. The van der Waals surface area contributed by atoms with Crippen LogP contribution in [0, 0.1) is 0 Å². The van der Waals surface area contributed by atoms with E-state index in [0.717, 1.165) is 18.5 Å². The Balaban J connectivity index is 1.29. The van der Waals surface area contributed by atoms with Crippen LogP contribution in [0.15, 0.2) is 67.0 Å². The highest BCUT2D eigenvalue weighted by Gasteiger charge is 2.27. The molecule has 11 heteroatoms. The van der Waals surface area contributed by atoms with Crippen molar-refractivity contribution in [3.8, 4) is 17.2 Å². The molecule has 1 fully saturated rings. The van der Waals surface area contributed by atoms with Gasteiger partial charge in [-0.1, -0.05) is 12.1 Å². The molecule has 0 bridgehead atoms. The summed E-state index contributed by atoms with van der Waals surface area (Å²) >= 11 is 0. The normalized spacial score (nSPS) is 13.5. The van der Waals surface area contributed by atoms with Gasteiger partial charge in [0.25, 0.3) is 5.91 Å². The largest absolute Gasteiger partial charge is 0.487 e. The van der Waals surface area contributed by atoms with E-state index in [1.807, 2.05) is 30.3 Å². The maximum absolute atomic E-state index is 12.9. The van der Waals surface area contributed by atoms with Gasteiger partial charge in [-0.25, -0.2) is 9.78 Å². The maximum atomic E-state index is 12.9. The Kier molecular flexibility index (Phi) is 8.78. The quantitative estimate of drug-likeness (QED) is 0.238. The van der Waals surface area contributed by atoms with Gasteiger partial charge in [-0.3, -0.25) is 14.3 Å². The fraction of sp³-hybridized carbons (Fsp3) is 0.300. The van der Waals surface area contributed by atoms with Gasteiger partial charge in [0.1, 0.15) is 18.2 Å². The van der Waals surface area contributed by atoms with Crippen molar-refractivity contribution in [1.82, 2.24) is 19.8 Å². The lowest BCUT2D eigenvalue weighted by Crippen LogP contribution is -2.46. The van der Waals surface area contributed by atoms with Crippen LogP contribution >= 0.6 is 0 Å². The molecule has 0 radical (unpaired) electrons. The summed E-state index contributed by atoms with van der Waals surface area (Å²) in [6.07, 6.45) is 3.23. The molecular formula is C30H33N5O6. The highest BCUT2D eigenvalue weighted by atomic mass is 16.5. The van der Waals surface area contributed by atoms with Crippen molar-refractivity contribution in [2.24, 2.45) is 0 Å². The number of carbonyl (C=O) groups is 2. The van der Waals surface area contributed by atoms with E-state index in [4.69, 9.17) is 19.3 Å². The first kappa shape index (κ1) is 28.1. The molecule has 1 aliphatic heterocycles. The van der Waals surface area contributed by atoms with Crippen molar-refractivity contribution in [1.29, 1.82) is 0 Å². The molecule has 0 atom stereocenters. The van der Waals surface area contributed by atoms with Crippen molar-refractivity contribution in [2.75, 3.05) is 58.9 Å². The zero-order valence-corrected chi connectivity index (χ0v) is 23.0. The van der Waals surface area contributed by atoms with Gasteiger partial charge in [-0.15, -0.1) is 0 Å². The summed E-state index contributed by atoms with van der Waals surface area (Å²) in [7, 11) is 3.16. The number of nitrogens with one attached hydrogen (secondary N) is 2. The lowest BCUT2D eigenvalue weighted by Gasteiger charge is -2.39. The number of rotatable bonds is 11. The lowest BCUT2D eigenvalue weighted by molar-refractivity contribution is 0.102. The van der Waals surface area contributed by atoms with Crippen molar-refractivity contribution in [3.05, 3.63) is 78.1 Å². The van der Waals surface area contributed by atoms with E-state index in [-0.39, 0.29) is 25.2 Å². The third-order valence-electron chi connectivity index (χ3n) is 6.95. The van der Waals surface area contributed by atoms with Crippen LogP contribution in [-0.2, 0) is 4.74 Å². The van der Waals surface area contributed by atoms with Gasteiger partial charge >= 0.3 is 6.03 Å². The number of aromatic nitrogens is 2. The molecule has 3 N–H and O–H groups in total. The molecule has 2 aromatic carbocycles. The summed E-state index contributed by atoms with van der Waals surface area (Å²) < 4.78 is 18.7. The molecule has 1 saturated heterocycles. The Morgan fingerprint density at radius 2 is 1.85 bits per heavy atom. The number of nitrogens with zero attached hydrogens (tertiary/aromatic N) is 3. The summed E-state index contributed by atoms with van der Waals surface area (Å²) in [5, 5.41) is 15.3. The number of methoxy groups -OCH3 is 1. The predicted molar refractivity (Wildman–Crippen MR) is 154 cm³/mol. The van der Waals surface area contributed by atoms with E-state index < -0.39 is 0 Å². The number of anilines is 1. The first-order valence-electron chi connectivity index (χ1n) is 13.4. The minimum Gasteiger partial charge on any atom is -0.487 e. The fourth-order valence-electron chi connectivity index (χ4n) is 4.74. The molecule has 214 valence electrons. The predicted octanol–water partition coefficient (Wildman–Crippen LogP) is 3.69. The van der Waals surface area contributed by atoms with E-state index >= 15 is 0 Å². The Hall–Kier alpha value is -4.45. The second-order valence-corrected chi connectivity index (χ2v) is 9.67.